The fourth-order valence-electron chi connectivity index (χ4n) is 2.87. The molecule has 3 aromatic rings. The lowest BCUT2D eigenvalue weighted by Gasteiger charge is -2.26. The number of benzene rings is 2. The molecule has 1 aliphatic rings. The van der Waals surface area contributed by atoms with Crippen molar-refractivity contribution in [3.8, 4) is 11.1 Å². The van der Waals surface area contributed by atoms with E-state index in [2.05, 4.69) is 10.6 Å². The van der Waals surface area contributed by atoms with Crippen LogP contribution in [0.15, 0.2) is 60.0 Å². The van der Waals surface area contributed by atoms with Crippen LogP contribution in [0.2, 0.25) is 0 Å². The van der Waals surface area contributed by atoms with Gasteiger partial charge in [-0.2, -0.15) is 0 Å². The van der Waals surface area contributed by atoms with E-state index in [0.29, 0.717) is 11.1 Å². The van der Waals surface area contributed by atoms with Gasteiger partial charge in [-0.3, -0.25) is 14.9 Å². The molecule has 2 aromatic carbocycles. The minimum Gasteiger partial charge on any atom is -0.353 e. The molecule has 0 spiro atoms. The standard InChI is InChI=1S/C18H13N3O3S/c22-17-15-14(11-5-2-1-3-6-11)10-25-18(15)20-16(19-17)12-7-4-8-13(9-12)21(23)24/h1-10,16,20H,(H,19,22)/t16-/m1/s1. The van der Waals surface area contributed by atoms with Crippen molar-refractivity contribution >= 4 is 27.9 Å². The van der Waals surface area contributed by atoms with Crippen LogP contribution in [0, 0.1) is 10.1 Å². The average molecular weight is 351 g/mol. The predicted octanol–water partition coefficient (Wildman–Crippen LogP) is 4.18. The Bertz CT molecular complexity index is 969. The molecule has 2 heterocycles. The third kappa shape index (κ3) is 2.74. The summed E-state index contributed by atoms with van der Waals surface area (Å²) in [6.07, 6.45) is -0.498. The lowest BCUT2D eigenvalue weighted by Crippen LogP contribution is -2.37. The normalized spacial score (nSPS) is 15.8. The number of anilines is 1. The lowest BCUT2D eigenvalue weighted by atomic mass is 10.0. The Morgan fingerprint density at radius 3 is 2.60 bits per heavy atom. The SMILES string of the molecule is O=C1N[C@@H](c2cccc([N+](=O)[O-])c2)Nc2scc(-c3ccccc3)c21. The Balaban J connectivity index is 1.69. The summed E-state index contributed by atoms with van der Waals surface area (Å²) in [6, 6.07) is 16.0. The molecule has 0 aliphatic carbocycles. The van der Waals surface area contributed by atoms with E-state index >= 15 is 0 Å². The lowest BCUT2D eigenvalue weighted by molar-refractivity contribution is -0.384. The van der Waals surface area contributed by atoms with E-state index in [9.17, 15) is 14.9 Å². The van der Waals surface area contributed by atoms with Crippen molar-refractivity contribution in [2.75, 3.05) is 5.32 Å². The maximum atomic E-state index is 12.7. The largest absolute Gasteiger partial charge is 0.353 e. The van der Waals surface area contributed by atoms with Crippen molar-refractivity contribution in [2.24, 2.45) is 0 Å². The molecule has 1 atom stereocenters. The van der Waals surface area contributed by atoms with Gasteiger partial charge < -0.3 is 10.6 Å². The number of carbonyl (C=O) groups excluding carboxylic acids is 1. The first-order chi connectivity index (χ1) is 12.1. The first-order valence-electron chi connectivity index (χ1n) is 7.62. The van der Waals surface area contributed by atoms with Crippen molar-refractivity contribution in [2.45, 2.75) is 6.17 Å². The number of nitrogens with one attached hydrogen (secondary N) is 2. The van der Waals surface area contributed by atoms with E-state index in [0.717, 1.165) is 16.1 Å². The van der Waals surface area contributed by atoms with Crippen LogP contribution in [0.5, 0.6) is 0 Å². The minimum absolute atomic E-state index is 0.00417. The molecule has 1 aliphatic heterocycles. The summed E-state index contributed by atoms with van der Waals surface area (Å²) in [5.41, 5.74) is 3.10. The molecule has 0 saturated heterocycles. The number of thiophene rings is 1. The van der Waals surface area contributed by atoms with Gasteiger partial charge in [0.05, 0.1) is 10.5 Å². The van der Waals surface area contributed by atoms with Crippen LogP contribution in [0.3, 0.4) is 0 Å². The summed E-state index contributed by atoms with van der Waals surface area (Å²) in [6.45, 7) is 0. The maximum Gasteiger partial charge on any atom is 0.269 e. The van der Waals surface area contributed by atoms with E-state index in [1.807, 2.05) is 35.7 Å². The van der Waals surface area contributed by atoms with Crippen LogP contribution in [-0.4, -0.2) is 10.8 Å². The Hall–Kier alpha value is -3.19. The summed E-state index contributed by atoms with van der Waals surface area (Å²) in [4.78, 5) is 23.2. The monoisotopic (exact) mass is 351 g/mol. The van der Waals surface area contributed by atoms with Crippen LogP contribution < -0.4 is 10.6 Å². The van der Waals surface area contributed by atoms with Gasteiger partial charge in [0.15, 0.2) is 0 Å². The second-order valence-corrected chi connectivity index (χ2v) is 6.50. The highest BCUT2D eigenvalue weighted by Gasteiger charge is 2.29. The fraction of sp³-hybridized carbons (Fsp3) is 0.0556. The number of nitrogens with zero attached hydrogens (tertiary/aromatic N) is 1. The zero-order valence-corrected chi connectivity index (χ0v) is 13.7. The van der Waals surface area contributed by atoms with Crippen LogP contribution in [0.1, 0.15) is 22.1 Å². The molecule has 0 bridgehead atoms. The summed E-state index contributed by atoms with van der Waals surface area (Å²) >= 11 is 1.45. The topological polar surface area (TPSA) is 84.3 Å². The Labute approximate surface area is 147 Å². The molecule has 124 valence electrons. The van der Waals surface area contributed by atoms with E-state index in [-0.39, 0.29) is 11.6 Å². The van der Waals surface area contributed by atoms with Crippen LogP contribution in [0.4, 0.5) is 10.7 Å². The van der Waals surface area contributed by atoms with Crippen molar-refractivity contribution in [1.82, 2.24) is 5.32 Å². The van der Waals surface area contributed by atoms with Gasteiger partial charge in [-0.15, -0.1) is 11.3 Å². The first kappa shape index (κ1) is 15.3. The molecule has 1 amide bonds. The molecule has 25 heavy (non-hydrogen) atoms. The molecule has 1 aromatic heterocycles. The zero-order valence-electron chi connectivity index (χ0n) is 12.9. The van der Waals surface area contributed by atoms with E-state index in [1.54, 1.807) is 12.1 Å². The number of fused-ring (bicyclic) bond motifs is 1. The quantitative estimate of drug-likeness (QED) is 0.548. The third-order valence-electron chi connectivity index (χ3n) is 4.07. The number of nitro benzene ring substituents is 1. The maximum absolute atomic E-state index is 12.7. The molecule has 7 heteroatoms. The summed E-state index contributed by atoms with van der Waals surface area (Å²) in [5.74, 6) is -0.189. The number of hydrogen-bond donors (Lipinski definition) is 2. The van der Waals surface area contributed by atoms with Crippen molar-refractivity contribution in [3.05, 3.63) is 81.2 Å². The van der Waals surface area contributed by atoms with Gasteiger partial charge >= 0.3 is 0 Å². The minimum atomic E-state index is -0.498. The first-order valence-corrected chi connectivity index (χ1v) is 8.50. The Morgan fingerprint density at radius 1 is 1.04 bits per heavy atom. The summed E-state index contributed by atoms with van der Waals surface area (Å²) < 4.78 is 0. The molecule has 6 nitrogen and oxygen atoms in total. The highest BCUT2D eigenvalue weighted by Crippen LogP contribution is 2.39. The van der Waals surface area contributed by atoms with E-state index in [1.165, 1.54) is 23.5 Å². The van der Waals surface area contributed by atoms with Crippen LogP contribution >= 0.6 is 11.3 Å². The van der Waals surface area contributed by atoms with Crippen LogP contribution in [-0.2, 0) is 0 Å². The van der Waals surface area contributed by atoms with Gasteiger partial charge in [-0.25, -0.2) is 0 Å². The average Bonchev–Trinajstić information content (AvgIpc) is 3.07. The molecule has 0 unspecified atom stereocenters. The molecule has 0 saturated carbocycles. The second-order valence-electron chi connectivity index (χ2n) is 5.62. The third-order valence-corrected chi connectivity index (χ3v) is 4.98. The van der Waals surface area contributed by atoms with Gasteiger partial charge in [-0.05, 0) is 5.56 Å². The van der Waals surface area contributed by atoms with Gasteiger partial charge in [0.1, 0.15) is 11.2 Å². The summed E-state index contributed by atoms with van der Waals surface area (Å²) in [7, 11) is 0. The number of rotatable bonds is 3. The van der Waals surface area contributed by atoms with Gasteiger partial charge in [0, 0.05) is 28.6 Å². The van der Waals surface area contributed by atoms with Gasteiger partial charge in [0.25, 0.3) is 11.6 Å². The molecular formula is C18H13N3O3S. The molecule has 0 radical (unpaired) electrons. The number of nitro groups is 1. The molecular weight excluding hydrogens is 338 g/mol. The molecule has 0 fully saturated rings. The Morgan fingerprint density at radius 2 is 1.84 bits per heavy atom. The predicted molar refractivity (Wildman–Crippen MR) is 96.7 cm³/mol. The number of carbonyl (C=O) groups is 1. The van der Waals surface area contributed by atoms with Crippen molar-refractivity contribution in [3.63, 3.8) is 0 Å². The highest BCUT2D eigenvalue weighted by atomic mass is 32.1. The van der Waals surface area contributed by atoms with E-state index < -0.39 is 11.1 Å². The highest BCUT2D eigenvalue weighted by molar-refractivity contribution is 7.15. The fourth-order valence-corrected chi connectivity index (χ4v) is 3.87. The number of hydrogen-bond acceptors (Lipinski definition) is 5. The van der Waals surface area contributed by atoms with Crippen LogP contribution in [0.25, 0.3) is 11.1 Å². The molecule has 4 rings (SSSR count). The molecule has 2 N–H and O–H groups in total. The van der Waals surface area contributed by atoms with Gasteiger partial charge in [0.2, 0.25) is 0 Å². The van der Waals surface area contributed by atoms with E-state index in [4.69, 9.17) is 0 Å². The van der Waals surface area contributed by atoms with Gasteiger partial charge in [-0.1, -0.05) is 42.5 Å². The summed E-state index contributed by atoms with van der Waals surface area (Å²) in [5, 5.41) is 19.8. The second kappa shape index (κ2) is 6.03. The zero-order chi connectivity index (χ0) is 17.4. The smallest absolute Gasteiger partial charge is 0.269 e. The number of amides is 1. The van der Waals surface area contributed by atoms with Crippen molar-refractivity contribution in [1.29, 1.82) is 0 Å². The van der Waals surface area contributed by atoms with Crippen molar-refractivity contribution < 1.29 is 9.72 Å². The Kier molecular flexibility index (Phi) is 3.70. The number of non-ortho nitro benzene ring substituents is 1.